The van der Waals surface area contributed by atoms with Crippen molar-refractivity contribution < 1.29 is 18.9 Å². The van der Waals surface area contributed by atoms with Crippen LogP contribution in [0.25, 0.3) is 0 Å². The number of hydrogen-bond donors (Lipinski definition) is 0. The summed E-state index contributed by atoms with van der Waals surface area (Å²) in [5.41, 5.74) is 0. The lowest BCUT2D eigenvalue weighted by Crippen LogP contribution is -2.38. The van der Waals surface area contributed by atoms with Crippen molar-refractivity contribution in [3.63, 3.8) is 0 Å². The van der Waals surface area contributed by atoms with Gasteiger partial charge in [-0.05, 0) is 18.2 Å². The molecule has 1 radical (unpaired) electrons. The van der Waals surface area contributed by atoms with Crippen LogP contribution in [0.4, 0.5) is 0 Å². The summed E-state index contributed by atoms with van der Waals surface area (Å²) in [6, 6.07) is 6.44. The quantitative estimate of drug-likeness (QED) is 0.774. The van der Waals surface area contributed by atoms with E-state index in [1.165, 1.54) is 0 Å². The SMILES string of the molecule is COc1c[c]cc(OC)c1OCCN1CCOCC1. The fraction of sp³-hybridized carbons (Fsp3) is 0.571. The molecule has 0 aromatic heterocycles. The van der Waals surface area contributed by atoms with E-state index in [0.717, 1.165) is 32.8 Å². The summed E-state index contributed by atoms with van der Waals surface area (Å²) in [6.07, 6.45) is 0. The van der Waals surface area contributed by atoms with Crippen LogP contribution in [-0.2, 0) is 4.74 Å². The second-order valence-corrected chi connectivity index (χ2v) is 4.22. The molecule has 2 rings (SSSR count). The molecule has 1 heterocycles. The first-order valence-electron chi connectivity index (χ1n) is 6.40. The molecule has 1 aliphatic rings. The van der Waals surface area contributed by atoms with E-state index in [2.05, 4.69) is 11.0 Å². The van der Waals surface area contributed by atoms with E-state index in [-0.39, 0.29) is 0 Å². The van der Waals surface area contributed by atoms with Gasteiger partial charge in [-0.1, -0.05) is 0 Å². The maximum Gasteiger partial charge on any atom is 0.203 e. The van der Waals surface area contributed by atoms with E-state index < -0.39 is 0 Å². The largest absolute Gasteiger partial charge is 0.493 e. The van der Waals surface area contributed by atoms with Crippen LogP contribution in [0.1, 0.15) is 0 Å². The Labute approximate surface area is 114 Å². The van der Waals surface area contributed by atoms with Crippen molar-refractivity contribution in [2.24, 2.45) is 0 Å². The second kappa shape index (κ2) is 7.21. The Balaban J connectivity index is 1.90. The van der Waals surface area contributed by atoms with Gasteiger partial charge in [0.15, 0.2) is 11.5 Å². The molecule has 1 aromatic rings. The maximum absolute atomic E-state index is 5.80. The first kappa shape index (κ1) is 14.0. The van der Waals surface area contributed by atoms with Crippen LogP contribution in [-0.4, -0.2) is 58.6 Å². The van der Waals surface area contributed by atoms with Crippen molar-refractivity contribution in [2.45, 2.75) is 0 Å². The molecule has 105 valence electrons. The standard InChI is InChI=1S/C14H20NO4/c1-16-12-4-3-5-13(17-2)14(12)19-11-8-15-6-9-18-10-7-15/h4-5H,6-11H2,1-2H3. The lowest BCUT2D eigenvalue weighted by molar-refractivity contribution is 0.0319. The van der Waals surface area contributed by atoms with Gasteiger partial charge in [0.25, 0.3) is 0 Å². The van der Waals surface area contributed by atoms with Gasteiger partial charge in [-0.25, -0.2) is 0 Å². The van der Waals surface area contributed by atoms with Crippen LogP contribution in [0.3, 0.4) is 0 Å². The summed E-state index contributed by atoms with van der Waals surface area (Å²) >= 11 is 0. The maximum atomic E-state index is 5.80. The Morgan fingerprint density at radius 1 is 1.16 bits per heavy atom. The van der Waals surface area contributed by atoms with Crippen molar-refractivity contribution in [3.05, 3.63) is 18.2 Å². The molecule has 0 bridgehead atoms. The van der Waals surface area contributed by atoms with Crippen LogP contribution in [0.2, 0.25) is 0 Å². The van der Waals surface area contributed by atoms with Crippen LogP contribution in [0, 0.1) is 6.07 Å². The summed E-state index contributed by atoms with van der Waals surface area (Å²) < 4.78 is 21.6. The molecule has 0 saturated carbocycles. The topological polar surface area (TPSA) is 40.2 Å². The molecule has 5 nitrogen and oxygen atoms in total. The Morgan fingerprint density at radius 3 is 2.37 bits per heavy atom. The molecule has 0 N–H and O–H groups in total. The van der Waals surface area contributed by atoms with Crippen molar-refractivity contribution in [1.82, 2.24) is 4.90 Å². The van der Waals surface area contributed by atoms with E-state index in [9.17, 15) is 0 Å². The molecular weight excluding hydrogens is 246 g/mol. The van der Waals surface area contributed by atoms with Gasteiger partial charge >= 0.3 is 0 Å². The molecule has 1 saturated heterocycles. The molecule has 0 amide bonds. The van der Waals surface area contributed by atoms with Crippen LogP contribution in [0.5, 0.6) is 17.2 Å². The summed E-state index contributed by atoms with van der Waals surface area (Å²) in [5.74, 6) is 1.92. The molecule has 1 aromatic carbocycles. The average molecular weight is 266 g/mol. The number of nitrogens with zero attached hydrogens (tertiary/aromatic N) is 1. The second-order valence-electron chi connectivity index (χ2n) is 4.22. The third-order valence-electron chi connectivity index (χ3n) is 3.07. The van der Waals surface area contributed by atoms with Gasteiger partial charge in [0.05, 0.1) is 27.4 Å². The highest BCUT2D eigenvalue weighted by Crippen LogP contribution is 2.36. The zero-order valence-electron chi connectivity index (χ0n) is 11.5. The van der Waals surface area contributed by atoms with Gasteiger partial charge in [0, 0.05) is 19.6 Å². The summed E-state index contributed by atoms with van der Waals surface area (Å²) in [4.78, 5) is 2.32. The normalized spacial score (nSPS) is 16.1. The van der Waals surface area contributed by atoms with Gasteiger partial charge < -0.3 is 18.9 Å². The predicted octanol–water partition coefficient (Wildman–Crippen LogP) is 1.21. The Bertz CT molecular complexity index is 369. The van der Waals surface area contributed by atoms with Gasteiger partial charge in [0.2, 0.25) is 5.75 Å². The number of hydrogen-bond acceptors (Lipinski definition) is 5. The summed E-state index contributed by atoms with van der Waals surface area (Å²) in [7, 11) is 3.22. The molecular formula is C14H20NO4. The highest BCUT2D eigenvalue weighted by atomic mass is 16.5. The Morgan fingerprint density at radius 2 is 1.79 bits per heavy atom. The summed E-state index contributed by atoms with van der Waals surface area (Å²) in [5, 5.41) is 0. The van der Waals surface area contributed by atoms with Crippen molar-refractivity contribution in [1.29, 1.82) is 0 Å². The minimum absolute atomic E-state index is 0.594. The van der Waals surface area contributed by atoms with Crippen molar-refractivity contribution in [3.8, 4) is 17.2 Å². The predicted molar refractivity (Wildman–Crippen MR) is 71.1 cm³/mol. The molecule has 0 unspecified atom stereocenters. The zero-order chi connectivity index (χ0) is 13.5. The molecule has 0 aliphatic carbocycles. The van der Waals surface area contributed by atoms with E-state index in [1.54, 1.807) is 26.4 Å². The highest BCUT2D eigenvalue weighted by molar-refractivity contribution is 5.50. The first-order chi connectivity index (χ1) is 9.35. The minimum atomic E-state index is 0.594. The first-order valence-corrected chi connectivity index (χ1v) is 6.40. The fourth-order valence-electron chi connectivity index (χ4n) is 1.99. The van der Waals surface area contributed by atoms with Gasteiger partial charge in [0.1, 0.15) is 6.61 Å². The van der Waals surface area contributed by atoms with Crippen LogP contribution in [0.15, 0.2) is 12.1 Å². The average Bonchev–Trinajstić information content (AvgIpc) is 2.48. The number of morpholine rings is 1. The Hall–Kier alpha value is -1.46. The molecule has 1 aliphatic heterocycles. The van der Waals surface area contributed by atoms with E-state index in [1.807, 2.05) is 0 Å². The number of rotatable bonds is 6. The van der Waals surface area contributed by atoms with Gasteiger partial charge in [-0.15, -0.1) is 0 Å². The molecule has 0 spiro atoms. The van der Waals surface area contributed by atoms with E-state index in [0.29, 0.717) is 23.9 Å². The number of ether oxygens (including phenoxy) is 4. The molecule has 0 atom stereocenters. The number of benzene rings is 1. The van der Waals surface area contributed by atoms with Crippen LogP contribution < -0.4 is 14.2 Å². The number of methoxy groups -OCH3 is 2. The van der Waals surface area contributed by atoms with Crippen LogP contribution >= 0.6 is 0 Å². The van der Waals surface area contributed by atoms with Crippen molar-refractivity contribution >= 4 is 0 Å². The van der Waals surface area contributed by atoms with E-state index in [4.69, 9.17) is 18.9 Å². The lowest BCUT2D eigenvalue weighted by atomic mass is 10.3. The lowest BCUT2D eigenvalue weighted by Gasteiger charge is -2.26. The van der Waals surface area contributed by atoms with Gasteiger partial charge in [-0.2, -0.15) is 0 Å². The fourth-order valence-corrected chi connectivity index (χ4v) is 1.99. The minimum Gasteiger partial charge on any atom is -0.493 e. The van der Waals surface area contributed by atoms with Crippen molar-refractivity contribution in [2.75, 3.05) is 53.7 Å². The highest BCUT2D eigenvalue weighted by Gasteiger charge is 2.13. The molecule has 1 fully saturated rings. The monoisotopic (exact) mass is 266 g/mol. The third kappa shape index (κ3) is 3.75. The Kier molecular flexibility index (Phi) is 5.30. The molecule has 5 heteroatoms. The smallest absolute Gasteiger partial charge is 0.203 e. The third-order valence-corrected chi connectivity index (χ3v) is 3.07. The summed E-state index contributed by atoms with van der Waals surface area (Å²) in [6.45, 7) is 4.98. The molecule has 19 heavy (non-hydrogen) atoms. The van der Waals surface area contributed by atoms with E-state index >= 15 is 0 Å². The zero-order valence-corrected chi connectivity index (χ0v) is 11.5. The van der Waals surface area contributed by atoms with Gasteiger partial charge in [-0.3, -0.25) is 4.90 Å².